The van der Waals surface area contributed by atoms with Crippen molar-refractivity contribution < 1.29 is 18.1 Å². The minimum absolute atomic E-state index is 0.0280. The molecule has 0 saturated carbocycles. The lowest BCUT2D eigenvalue weighted by Crippen LogP contribution is -2.23. The van der Waals surface area contributed by atoms with E-state index in [2.05, 4.69) is 5.32 Å². The van der Waals surface area contributed by atoms with E-state index >= 15 is 0 Å². The lowest BCUT2D eigenvalue weighted by atomic mass is 10.1. The molecule has 0 heterocycles. The number of sulfonamides is 1. The van der Waals surface area contributed by atoms with E-state index in [1.165, 1.54) is 38.4 Å². The number of nitro groups is 1. The molecule has 0 unspecified atom stereocenters. The summed E-state index contributed by atoms with van der Waals surface area (Å²) in [6.45, 7) is 2.04. The summed E-state index contributed by atoms with van der Waals surface area (Å²) >= 11 is 0. The van der Waals surface area contributed by atoms with Crippen LogP contribution in [0.4, 0.5) is 17.1 Å². The van der Waals surface area contributed by atoms with E-state index in [1.54, 1.807) is 13.0 Å². The number of anilines is 2. The number of hydrogen-bond donors (Lipinski definition) is 1. The van der Waals surface area contributed by atoms with Crippen LogP contribution < -0.4 is 10.1 Å². The highest BCUT2D eigenvalue weighted by molar-refractivity contribution is 7.89. The van der Waals surface area contributed by atoms with E-state index in [1.807, 2.05) is 6.07 Å². The maximum atomic E-state index is 12.6. The third-order valence-corrected chi connectivity index (χ3v) is 5.45. The van der Waals surface area contributed by atoms with Crippen molar-refractivity contribution >= 4 is 27.1 Å². The van der Waals surface area contributed by atoms with Crippen LogP contribution in [-0.2, 0) is 10.0 Å². The van der Waals surface area contributed by atoms with E-state index in [-0.39, 0.29) is 21.9 Å². The molecule has 2 aromatic carbocycles. The number of nitrogens with one attached hydrogen (secondary N) is 1. The summed E-state index contributed by atoms with van der Waals surface area (Å²) in [6, 6.07) is 10.2. The normalized spacial score (nSPS) is 11.1. The summed E-state index contributed by atoms with van der Waals surface area (Å²) in [5.41, 5.74) is 0.569. The highest BCUT2D eigenvalue weighted by Gasteiger charge is 2.23. The lowest BCUT2D eigenvalue weighted by Gasteiger charge is -2.17. The van der Waals surface area contributed by atoms with Gasteiger partial charge in [-0.25, -0.2) is 12.7 Å². The average molecular weight is 390 g/mol. The Bertz CT molecular complexity index is 1010. The molecule has 0 aromatic heterocycles. The summed E-state index contributed by atoms with van der Waals surface area (Å²) in [7, 11) is -0.940. The Labute approximate surface area is 157 Å². The predicted molar refractivity (Wildman–Crippen MR) is 99.6 cm³/mol. The average Bonchev–Trinajstić information content (AvgIpc) is 2.63. The fourth-order valence-electron chi connectivity index (χ4n) is 2.26. The van der Waals surface area contributed by atoms with Crippen LogP contribution >= 0.6 is 0 Å². The fourth-order valence-corrected chi connectivity index (χ4v) is 3.31. The summed E-state index contributed by atoms with van der Waals surface area (Å²) in [6.07, 6.45) is 0. The molecule has 0 bridgehead atoms. The molecule has 0 atom stereocenters. The molecule has 142 valence electrons. The van der Waals surface area contributed by atoms with Crippen molar-refractivity contribution in [2.45, 2.75) is 11.8 Å². The SMILES string of the molecule is CCOc1ccc(Nc2ccc([N+](=O)[O-])cc2C#N)cc1S(=O)(=O)N(C)C. The lowest BCUT2D eigenvalue weighted by molar-refractivity contribution is -0.384. The van der Waals surface area contributed by atoms with Crippen LogP contribution in [0, 0.1) is 21.4 Å². The maximum Gasteiger partial charge on any atom is 0.270 e. The summed E-state index contributed by atoms with van der Waals surface area (Å²) in [4.78, 5) is 10.2. The molecule has 0 aliphatic rings. The topological polar surface area (TPSA) is 126 Å². The van der Waals surface area contributed by atoms with Crippen LogP contribution in [0.1, 0.15) is 12.5 Å². The molecular weight excluding hydrogens is 372 g/mol. The summed E-state index contributed by atoms with van der Waals surface area (Å²) < 4.78 is 31.6. The van der Waals surface area contributed by atoms with Gasteiger partial charge in [-0.1, -0.05) is 0 Å². The van der Waals surface area contributed by atoms with Gasteiger partial charge in [-0.3, -0.25) is 10.1 Å². The van der Waals surface area contributed by atoms with Crippen molar-refractivity contribution in [2.75, 3.05) is 26.0 Å². The third kappa shape index (κ3) is 4.33. The molecule has 0 saturated heterocycles. The van der Waals surface area contributed by atoms with E-state index in [0.717, 1.165) is 10.4 Å². The monoisotopic (exact) mass is 390 g/mol. The second-order valence-electron chi connectivity index (χ2n) is 5.61. The summed E-state index contributed by atoms with van der Waals surface area (Å²) in [5, 5.41) is 23.0. The maximum absolute atomic E-state index is 12.6. The van der Waals surface area contributed by atoms with Gasteiger partial charge >= 0.3 is 0 Å². The van der Waals surface area contributed by atoms with Crippen molar-refractivity contribution in [1.82, 2.24) is 4.31 Å². The van der Waals surface area contributed by atoms with Gasteiger partial charge in [-0.05, 0) is 31.2 Å². The molecule has 0 radical (unpaired) electrons. The van der Waals surface area contributed by atoms with Gasteiger partial charge in [0.2, 0.25) is 10.0 Å². The van der Waals surface area contributed by atoms with Crippen LogP contribution in [0.5, 0.6) is 5.75 Å². The first-order valence-electron chi connectivity index (χ1n) is 7.85. The first-order valence-corrected chi connectivity index (χ1v) is 9.29. The molecule has 2 aromatic rings. The predicted octanol–water partition coefficient (Wildman–Crippen LogP) is 2.86. The second-order valence-corrected chi connectivity index (χ2v) is 7.73. The van der Waals surface area contributed by atoms with Crippen LogP contribution in [0.15, 0.2) is 41.3 Å². The first kappa shape index (κ1) is 20.2. The molecule has 0 aliphatic heterocycles. The Kier molecular flexibility index (Phi) is 5.99. The Morgan fingerprint density at radius 2 is 1.96 bits per heavy atom. The molecule has 0 aliphatic carbocycles. The van der Waals surface area contributed by atoms with Crippen LogP contribution in [-0.4, -0.2) is 38.3 Å². The number of benzene rings is 2. The number of hydrogen-bond acceptors (Lipinski definition) is 7. The van der Waals surface area contributed by atoms with Gasteiger partial charge in [0.1, 0.15) is 16.7 Å². The van der Waals surface area contributed by atoms with Crippen molar-refractivity contribution in [1.29, 1.82) is 5.26 Å². The molecule has 0 amide bonds. The highest BCUT2D eigenvalue weighted by Crippen LogP contribution is 2.31. The van der Waals surface area contributed by atoms with Crippen molar-refractivity contribution in [2.24, 2.45) is 0 Å². The summed E-state index contributed by atoms with van der Waals surface area (Å²) in [5.74, 6) is 0.209. The largest absolute Gasteiger partial charge is 0.492 e. The van der Waals surface area contributed by atoms with E-state index in [0.29, 0.717) is 18.0 Å². The van der Waals surface area contributed by atoms with E-state index in [4.69, 9.17) is 4.74 Å². The van der Waals surface area contributed by atoms with Crippen LogP contribution in [0.3, 0.4) is 0 Å². The zero-order valence-corrected chi connectivity index (χ0v) is 15.8. The molecule has 0 fully saturated rings. The zero-order chi connectivity index (χ0) is 20.2. The standard InChI is InChI=1S/C17H18N4O5S/c1-4-26-16-8-5-13(10-17(16)27(24,25)20(2)3)19-15-7-6-14(21(22)23)9-12(15)11-18/h5-10,19H,4H2,1-3H3. The van der Waals surface area contributed by atoms with E-state index in [9.17, 15) is 23.8 Å². The molecule has 10 heteroatoms. The molecule has 1 N–H and O–H groups in total. The minimum atomic E-state index is -3.76. The quantitative estimate of drug-likeness (QED) is 0.569. The molecule has 0 spiro atoms. The number of nitro benzene ring substituents is 1. The van der Waals surface area contributed by atoms with Gasteiger partial charge in [0.15, 0.2) is 0 Å². The highest BCUT2D eigenvalue weighted by atomic mass is 32.2. The van der Waals surface area contributed by atoms with Gasteiger partial charge in [0.25, 0.3) is 5.69 Å². The second kappa shape index (κ2) is 8.03. The van der Waals surface area contributed by atoms with Crippen molar-refractivity contribution in [3.63, 3.8) is 0 Å². The van der Waals surface area contributed by atoms with Crippen molar-refractivity contribution in [3.8, 4) is 11.8 Å². The molecule has 2 rings (SSSR count). The Morgan fingerprint density at radius 3 is 2.52 bits per heavy atom. The van der Waals surface area contributed by atoms with Gasteiger partial charge < -0.3 is 10.1 Å². The van der Waals surface area contributed by atoms with Crippen molar-refractivity contribution in [3.05, 3.63) is 52.1 Å². The van der Waals surface area contributed by atoms with E-state index < -0.39 is 14.9 Å². The Morgan fingerprint density at radius 1 is 1.26 bits per heavy atom. The number of nitrogens with zero attached hydrogens (tertiary/aromatic N) is 3. The minimum Gasteiger partial charge on any atom is -0.492 e. The third-order valence-electron chi connectivity index (χ3n) is 3.62. The van der Waals surface area contributed by atoms with Crippen LogP contribution in [0.2, 0.25) is 0 Å². The number of ether oxygens (including phenoxy) is 1. The fraction of sp³-hybridized carbons (Fsp3) is 0.235. The Hall–Kier alpha value is -3.16. The van der Waals surface area contributed by atoms with Gasteiger partial charge in [0, 0.05) is 31.9 Å². The molecule has 27 heavy (non-hydrogen) atoms. The van der Waals surface area contributed by atoms with Gasteiger partial charge in [-0.15, -0.1) is 0 Å². The smallest absolute Gasteiger partial charge is 0.270 e. The van der Waals surface area contributed by atoms with Gasteiger partial charge in [0.05, 0.1) is 22.8 Å². The molecule has 9 nitrogen and oxygen atoms in total. The first-order chi connectivity index (χ1) is 12.7. The molecular formula is C17H18N4O5S. The Balaban J connectivity index is 2.50. The number of nitriles is 1. The zero-order valence-electron chi connectivity index (χ0n) is 15.0. The van der Waals surface area contributed by atoms with Gasteiger partial charge in [-0.2, -0.15) is 5.26 Å². The number of non-ortho nitro benzene ring substituents is 1. The number of rotatable bonds is 7. The van der Waals surface area contributed by atoms with Crippen LogP contribution in [0.25, 0.3) is 0 Å².